The summed E-state index contributed by atoms with van der Waals surface area (Å²) in [5.41, 5.74) is 1.27. The highest BCUT2D eigenvalue weighted by Gasteiger charge is 2.04. The van der Waals surface area contributed by atoms with Gasteiger partial charge in [0.25, 0.3) is 0 Å². The summed E-state index contributed by atoms with van der Waals surface area (Å²) < 4.78 is 6.75. The van der Waals surface area contributed by atoms with Crippen LogP contribution in [-0.2, 0) is 0 Å². The molecule has 0 amide bonds. The summed E-state index contributed by atoms with van der Waals surface area (Å²) >= 11 is 3.49. The molecule has 0 aliphatic rings. The lowest BCUT2D eigenvalue weighted by molar-refractivity contribution is 0.307. The molecule has 2 aromatic rings. The number of hydrogen-bond acceptors (Lipinski definition) is 2. The molecule has 0 bridgehead atoms. The Balaban J connectivity index is 1.74. The van der Waals surface area contributed by atoms with Crippen LogP contribution in [0.25, 0.3) is 0 Å². The van der Waals surface area contributed by atoms with Crippen molar-refractivity contribution in [1.82, 2.24) is 5.32 Å². The molecule has 1 atom stereocenters. The van der Waals surface area contributed by atoms with Crippen LogP contribution in [0.4, 0.5) is 0 Å². The number of ether oxygens (including phenoxy) is 1. The maximum absolute atomic E-state index is 5.64. The first-order valence-electron chi connectivity index (χ1n) is 6.42. The Morgan fingerprint density at radius 2 is 1.89 bits per heavy atom. The second-order valence-electron chi connectivity index (χ2n) is 4.39. The molecular formula is C16H18BrNO. The Kier molecular flexibility index (Phi) is 5.43. The van der Waals surface area contributed by atoms with Crippen LogP contribution in [0.15, 0.2) is 59.1 Å². The van der Waals surface area contributed by atoms with E-state index in [1.807, 2.05) is 36.4 Å². The molecule has 0 heterocycles. The van der Waals surface area contributed by atoms with Gasteiger partial charge in [0.05, 0.1) is 0 Å². The van der Waals surface area contributed by atoms with E-state index >= 15 is 0 Å². The van der Waals surface area contributed by atoms with E-state index in [-0.39, 0.29) is 0 Å². The van der Waals surface area contributed by atoms with Crippen molar-refractivity contribution in [3.63, 3.8) is 0 Å². The van der Waals surface area contributed by atoms with Crippen molar-refractivity contribution in [2.75, 3.05) is 13.2 Å². The van der Waals surface area contributed by atoms with E-state index in [0.717, 1.165) is 16.8 Å². The molecule has 19 heavy (non-hydrogen) atoms. The molecule has 3 heteroatoms. The average Bonchev–Trinajstić information content (AvgIpc) is 2.44. The number of nitrogens with one attached hydrogen (secondary N) is 1. The van der Waals surface area contributed by atoms with Crippen LogP contribution in [0, 0.1) is 0 Å². The Labute approximate surface area is 122 Å². The van der Waals surface area contributed by atoms with Crippen molar-refractivity contribution in [1.29, 1.82) is 0 Å². The Bertz CT molecular complexity index is 501. The van der Waals surface area contributed by atoms with Crippen LogP contribution < -0.4 is 10.1 Å². The van der Waals surface area contributed by atoms with Crippen molar-refractivity contribution in [3.05, 3.63) is 64.6 Å². The van der Waals surface area contributed by atoms with Gasteiger partial charge in [-0.15, -0.1) is 0 Å². The van der Waals surface area contributed by atoms with Crippen LogP contribution >= 0.6 is 15.9 Å². The zero-order valence-corrected chi connectivity index (χ0v) is 12.6. The molecule has 0 saturated heterocycles. The highest BCUT2D eigenvalue weighted by Crippen LogP contribution is 2.17. The summed E-state index contributed by atoms with van der Waals surface area (Å²) in [6.07, 6.45) is 0. The molecule has 2 aromatic carbocycles. The smallest absolute Gasteiger partial charge is 0.119 e. The zero-order valence-electron chi connectivity index (χ0n) is 11.0. The van der Waals surface area contributed by atoms with E-state index in [4.69, 9.17) is 4.74 Å². The minimum atomic E-state index is 0.317. The Hall–Kier alpha value is -1.32. The van der Waals surface area contributed by atoms with Crippen LogP contribution in [0.5, 0.6) is 5.75 Å². The van der Waals surface area contributed by atoms with Gasteiger partial charge < -0.3 is 10.1 Å². The molecule has 0 spiro atoms. The van der Waals surface area contributed by atoms with Crippen molar-refractivity contribution in [3.8, 4) is 5.75 Å². The molecule has 1 N–H and O–H groups in total. The van der Waals surface area contributed by atoms with E-state index in [9.17, 15) is 0 Å². The van der Waals surface area contributed by atoms with Gasteiger partial charge in [-0.3, -0.25) is 0 Å². The first kappa shape index (κ1) is 14.1. The maximum Gasteiger partial charge on any atom is 0.119 e. The highest BCUT2D eigenvalue weighted by molar-refractivity contribution is 9.10. The molecule has 2 nitrogen and oxygen atoms in total. The van der Waals surface area contributed by atoms with Crippen LogP contribution in [0.3, 0.4) is 0 Å². The van der Waals surface area contributed by atoms with Gasteiger partial charge in [-0.05, 0) is 36.8 Å². The number of benzene rings is 2. The fourth-order valence-electron chi connectivity index (χ4n) is 1.85. The maximum atomic E-state index is 5.64. The number of halogens is 1. The molecule has 0 saturated carbocycles. The summed E-state index contributed by atoms with van der Waals surface area (Å²) in [4.78, 5) is 0. The average molecular weight is 320 g/mol. The van der Waals surface area contributed by atoms with Crippen molar-refractivity contribution in [2.45, 2.75) is 13.0 Å². The molecule has 0 aliphatic carbocycles. The topological polar surface area (TPSA) is 21.3 Å². The summed E-state index contributed by atoms with van der Waals surface area (Å²) in [5.74, 6) is 0.916. The molecule has 0 unspecified atom stereocenters. The minimum absolute atomic E-state index is 0.317. The SMILES string of the molecule is C[C@H](NCCOc1ccccc1)c1cccc(Br)c1. The second kappa shape index (κ2) is 7.31. The van der Waals surface area contributed by atoms with Gasteiger partial charge >= 0.3 is 0 Å². The number of rotatable bonds is 6. The van der Waals surface area contributed by atoms with Gasteiger partial charge in [0.2, 0.25) is 0 Å². The quantitative estimate of drug-likeness (QED) is 0.806. The Morgan fingerprint density at radius 1 is 1.11 bits per heavy atom. The molecule has 0 aliphatic heterocycles. The van der Waals surface area contributed by atoms with E-state index in [0.29, 0.717) is 12.6 Å². The van der Waals surface area contributed by atoms with Crippen molar-refractivity contribution in [2.24, 2.45) is 0 Å². The summed E-state index contributed by atoms with van der Waals surface area (Å²) in [6.45, 7) is 3.65. The third-order valence-corrected chi connectivity index (χ3v) is 3.41. The van der Waals surface area contributed by atoms with E-state index in [1.165, 1.54) is 5.56 Å². The normalized spacial score (nSPS) is 12.1. The molecule has 2 rings (SSSR count). The fourth-order valence-corrected chi connectivity index (χ4v) is 2.27. The molecule has 100 valence electrons. The largest absolute Gasteiger partial charge is 0.492 e. The summed E-state index contributed by atoms with van der Waals surface area (Å²) in [6, 6.07) is 18.6. The lowest BCUT2D eigenvalue weighted by Crippen LogP contribution is -2.24. The van der Waals surface area contributed by atoms with Crippen molar-refractivity contribution >= 4 is 15.9 Å². The zero-order chi connectivity index (χ0) is 13.5. The van der Waals surface area contributed by atoms with Gasteiger partial charge in [0.1, 0.15) is 12.4 Å². The van der Waals surface area contributed by atoms with Gasteiger partial charge in [-0.2, -0.15) is 0 Å². The first-order chi connectivity index (χ1) is 9.25. The predicted octanol–water partition coefficient (Wildman–Crippen LogP) is 4.18. The van der Waals surface area contributed by atoms with Gasteiger partial charge in [0, 0.05) is 17.1 Å². The lowest BCUT2D eigenvalue weighted by Gasteiger charge is -2.15. The van der Waals surface area contributed by atoms with E-state index < -0.39 is 0 Å². The van der Waals surface area contributed by atoms with Crippen LogP contribution in [0.2, 0.25) is 0 Å². The third-order valence-electron chi connectivity index (χ3n) is 2.91. The third kappa shape index (κ3) is 4.69. The molecular weight excluding hydrogens is 302 g/mol. The predicted molar refractivity (Wildman–Crippen MR) is 82.5 cm³/mol. The standard InChI is InChI=1S/C16H18BrNO/c1-13(14-6-5-7-15(17)12-14)18-10-11-19-16-8-3-2-4-9-16/h2-9,12-13,18H,10-11H2,1H3/t13-/m0/s1. The first-order valence-corrected chi connectivity index (χ1v) is 7.22. The van der Waals surface area contributed by atoms with Gasteiger partial charge in [-0.1, -0.05) is 46.3 Å². The summed E-state index contributed by atoms with van der Waals surface area (Å²) in [5, 5.41) is 3.45. The number of para-hydroxylation sites is 1. The number of hydrogen-bond donors (Lipinski definition) is 1. The summed E-state index contributed by atoms with van der Waals surface area (Å²) in [7, 11) is 0. The van der Waals surface area contributed by atoms with Crippen LogP contribution in [0.1, 0.15) is 18.5 Å². The van der Waals surface area contributed by atoms with E-state index in [2.05, 4.69) is 46.4 Å². The van der Waals surface area contributed by atoms with Gasteiger partial charge in [0.15, 0.2) is 0 Å². The highest BCUT2D eigenvalue weighted by atomic mass is 79.9. The van der Waals surface area contributed by atoms with Crippen LogP contribution in [-0.4, -0.2) is 13.2 Å². The van der Waals surface area contributed by atoms with E-state index in [1.54, 1.807) is 0 Å². The molecule has 0 fully saturated rings. The fraction of sp³-hybridized carbons (Fsp3) is 0.250. The Morgan fingerprint density at radius 3 is 2.63 bits per heavy atom. The molecule has 0 aromatic heterocycles. The van der Waals surface area contributed by atoms with Crippen molar-refractivity contribution < 1.29 is 4.74 Å². The molecule has 0 radical (unpaired) electrons. The van der Waals surface area contributed by atoms with Gasteiger partial charge in [-0.25, -0.2) is 0 Å². The second-order valence-corrected chi connectivity index (χ2v) is 5.31. The lowest BCUT2D eigenvalue weighted by atomic mass is 10.1. The minimum Gasteiger partial charge on any atom is -0.492 e. The monoisotopic (exact) mass is 319 g/mol.